The predicted molar refractivity (Wildman–Crippen MR) is 85.4 cm³/mol. The molecule has 120 valence electrons. The summed E-state index contributed by atoms with van der Waals surface area (Å²) in [6.45, 7) is 11.2. The van der Waals surface area contributed by atoms with Crippen LogP contribution in [-0.2, 0) is 19.1 Å². The summed E-state index contributed by atoms with van der Waals surface area (Å²) in [4.78, 5) is 24.7. The highest BCUT2D eigenvalue weighted by atomic mass is 16.6. The third kappa shape index (κ3) is 3.56. The Morgan fingerprint density at radius 3 is 1.95 bits per heavy atom. The normalized spacial score (nSPS) is 12.4. The van der Waals surface area contributed by atoms with Crippen molar-refractivity contribution < 1.29 is 19.1 Å². The zero-order valence-electron chi connectivity index (χ0n) is 13.7. The minimum atomic E-state index is -1.51. The van der Waals surface area contributed by atoms with Crippen LogP contribution in [0.1, 0.15) is 39.2 Å². The lowest BCUT2D eigenvalue weighted by atomic mass is 9.75. The van der Waals surface area contributed by atoms with Crippen LogP contribution < -0.4 is 0 Å². The molecule has 0 aromatic heterocycles. The van der Waals surface area contributed by atoms with Crippen LogP contribution in [-0.4, -0.2) is 25.2 Å². The summed E-state index contributed by atoms with van der Waals surface area (Å²) in [6, 6.07) is 9.60. The third-order valence-corrected chi connectivity index (χ3v) is 3.83. The second-order valence-corrected chi connectivity index (χ2v) is 5.22. The molecule has 0 bridgehead atoms. The molecule has 0 saturated carbocycles. The maximum atomic E-state index is 12.4. The number of rotatable bonds is 7. The van der Waals surface area contributed by atoms with E-state index in [0.29, 0.717) is 5.57 Å². The molecule has 4 heteroatoms. The molecule has 0 spiro atoms. The fraction of sp³-hybridized carbons (Fsp3) is 0.444. The van der Waals surface area contributed by atoms with Crippen LogP contribution in [0, 0.1) is 5.41 Å². The zero-order chi connectivity index (χ0) is 16.8. The van der Waals surface area contributed by atoms with Gasteiger partial charge in [-0.05, 0) is 31.9 Å². The molecule has 0 aliphatic carbocycles. The Labute approximate surface area is 132 Å². The quantitative estimate of drug-likeness (QED) is 0.439. The van der Waals surface area contributed by atoms with Crippen molar-refractivity contribution in [1.29, 1.82) is 0 Å². The fourth-order valence-electron chi connectivity index (χ4n) is 2.27. The van der Waals surface area contributed by atoms with Gasteiger partial charge in [-0.1, -0.05) is 43.8 Å². The van der Waals surface area contributed by atoms with Crippen LogP contribution in [0.5, 0.6) is 0 Å². The van der Waals surface area contributed by atoms with Gasteiger partial charge in [-0.15, -0.1) is 0 Å². The maximum absolute atomic E-state index is 12.4. The van der Waals surface area contributed by atoms with Crippen LogP contribution >= 0.6 is 0 Å². The molecule has 0 aliphatic rings. The Balaban J connectivity index is 3.17. The number of benzene rings is 1. The lowest BCUT2D eigenvalue weighted by Crippen LogP contribution is -2.42. The third-order valence-electron chi connectivity index (χ3n) is 3.83. The van der Waals surface area contributed by atoms with Crippen molar-refractivity contribution in [2.45, 2.75) is 33.6 Å². The van der Waals surface area contributed by atoms with Gasteiger partial charge in [0, 0.05) is 5.92 Å². The van der Waals surface area contributed by atoms with Crippen molar-refractivity contribution in [3.05, 3.63) is 48.0 Å². The van der Waals surface area contributed by atoms with Gasteiger partial charge in [0.1, 0.15) is 0 Å². The highest BCUT2D eigenvalue weighted by Crippen LogP contribution is 2.38. The molecule has 0 fully saturated rings. The van der Waals surface area contributed by atoms with Crippen molar-refractivity contribution in [2.24, 2.45) is 5.41 Å². The van der Waals surface area contributed by atoms with E-state index in [2.05, 4.69) is 6.58 Å². The highest BCUT2D eigenvalue weighted by molar-refractivity contribution is 6.03. The van der Waals surface area contributed by atoms with Crippen LogP contribution in [0.25, 0.3) is 0 Å². The summed E-state index contributed by atoms with van der Waals surface area (Å²) in [5.74, 6) is -1.43. The molecule has 0 amide bonds. The number of hydrogen-bond acceptors (Lipinski definition) is 4. The number of carbonyl (C=O) groups is 2. The first kappa shape index (κ1) is 18.0. The van der Waals surface area contributed by atoms with Crippen LogP contribution in [0.15, 0.2) is 42.5 Å². The summed E-state index contributed by atoms with van der Waals surface area (Å²) in [5, 5.41) is 0. The Morgan fingerprint density at radius 2 is 1.55 bits per heavy atom. The van der Waals surface area contributed by atoms with Crippen LogP contribution in [0.2, 0.25) is 0 Å². The molecule has 0 heterocycles. The van der Waals surface area contributed by atoms with Crippen LogP contribution in [0.3, 0.4) is 0 Å². The van der Waals surface area contributed by atoms with E-state index in [1.165, 1.54) is 6.92 Å². The monoisotopic (exact) mass is 304 g/mol. The molecule has 0 saturated heterocycles. The molecule has 4 nitrogen and oxygen atoms in total. The van der Waals surface area contributed by atoms with Gasteiger partial charge in [0.25, 0.3) is 0 Å². The molecule has 1 atom stereocenters. The first-order valence-electron chi connectivity index (χ1n) is 7.48. The van der Waals surface area contributed by atoms with Crippen molar-refractivity contribution in [3.63, 3.8) is 0 Å². The van der Waals surface area contributed by atoms with E-state index in [9.17, 15) is 9.59 Å². The molecule has 0 N–H and O–H groups in total. The van der Waals surface area contributed by atoms with Gasteiger partial charge < -0.3 is 9.47 Å². The minimum Gasteiger partial charge on any atom is -0.465 e. The largest absolute Gasteiger partial charge is 0.465 e. The average molecular weight is 304 g/mol. The molecule has 0 radical (unpaired) electrons. The second-order valence-electron chi connectivity index (χ2n) is 5.22. The molecule has 1 aromatic carbocycles. The summed E-state index contributed by atoms with van der Waals surface area (Å²) in [5.41, 5.74) is -0.0655. The van der Waals surface area contributed by atoms with E-state index in [1.54, 1.807) is 13.8 Å². The van der Waals surface area contributed by atoms with Gasteiger partial charge in [-0.2, -0.15) is 0 Å². The van der Waals surface area contributed by atoms with E-state index >= 15 is 0 Å². The van der Waals surface area contributed by atoms with Crippen LogP contribution in [0.4, 0.5) is 0 Å². The Morgan fingerprint density at radius 1 is 1.09 bits per heavy atom. The summed E-state index contributed by atoms with van der Waals surface area (Å²) < 4.78 is 10.2. The number of hydrogen-bond donors (Lipinski definition) is 0. The van der Waals surface area contributed by atoms with E-state index in [-0.39, 0.29) is 19.1 Å². The van der Waals surface area contributed by atoms with Gasteiger partial charge >= 0.3 is 11.9 Å². The van der Waals surface area contributed by atoms with Gasteiger partial charge in [-0.25, -0.2) is 0 Å². The minimum absolute atomic E-state index is 0.181. The molecule has 22 heavy (non-hydrogen) atoms. The maximum Gasteiger partial charge on any atom is 0.327 e. The summed E-state index contributed by atoms with van der Waals surface area (Å²) in [7, 11) is 0. The number of ether oxygens (including phenoxy) is 2. The first-order valence-corrected chi connectivity index (χ1v) is 7.48. The summed E-state index contributed by atoms with van der Waals surface area (Å²) >= 11 is 0. The van der Waals surface area contributed by atoms with E-state index in [4.69, 9.17) is 9.47 Å². The van der Waals surface area contributed by atoms with Gasteiger partial charge in [0.05, 0.1) is 13.2 Å². The van der Waals surface area contributed by atoms with Crippen molar-refractivity contribution in [3.8, 4) is 0 Å². The standard InChI is InChI=1S/C18H24O4/c1-6-21-16(19)18(5,17(20)22-7-2)14(4)13(3)15-11-9-8-10-12-15/h8-13H,4,6-7H2,1-3,5H3. The lowest BCUT2D eigenvalue weighted by Gasteiger charge is -2.30. The number of esters is 2. The van der Waals surface area contributed by atoms with Gasteiger partial charge in [-0.3, -0.25) is 9.59 Å². The first-order chi connectivity index (χ1) is 10.4. The van der Waals surface area contributed by atoms with E-state index < -0.39 is 17.4 Å². The highest BCUT2D eigenvalue weighted by Gasteiger charge is 2.48. The lowest BCUT2D eigenvalue weighted by molar-refractivity contribution is -0.167. The van der Waals surface area contributed by atoms with E-state index in [0.717, 1.165) is 5.56 Å². The molecule has 0 aliphatic heterocycles. The zero-order valence-corrected chi connectivity index (χ0v) is 13.7. The predicted octanol–water partition coefficient (Wildman–Crippen LogP) is 3.48. The molecule has 1 unspecified atom stereocenters. The Bertz CT molecular complexity index is 515. The summed E-state index contributed by atoms with van der Waals surface area (Å²) in [6.07, 6.45) is 0. The fourth-order valence-corrected chi connectivity index (χ4v) is 2.27. The second kappa shape index (κ2) is 7.78. The molecular weight excluding hydrogens is 280 g/mol. The van der Waals surface area contributed by atoms with E-state index in [1.807, 2.05) is 37.3 Å². The van der Waals surface area contributed by atoms with Crippen molar-refractivity contribution in [2.75, 3.05) is 13.2 Å². The van der Waals surface area contributed by atoms with Crippen molar-refractivity contribution >= 4 is 11.9 Å². The van der Waals surface area contributed by atoms with Gasteiger partial charge in [0.15, 0.2) is 5.41 Å². The molecule has 1 rings (SSSR count). The number of carbonyl (C=O) groups excluding carboxylic acids is 2. The van der Waals surface area contributed by atoms with Gasteiger partial charge in [0.2, 0.25) is 0 Å². The average Bonchev–Trinajstić information content (AvgIpc) is 2.53. The Kier molecular flexibility index (Phi) is 6.35. The Hall–Kier alpha value is -2.10. The topological polar surface area (TPSA) is 52.6 Å². The smallest absolute Gasteiger partial charge is 0.327 e. The molecule has 1 aromatic rings. The SMILES string of the molecule is C=C(C(C)c1ccccc1)C(C)(C(=O)OCC)C(=O)OCC. The molecular formula is C18H24O4. The van der Waals surface area contributed by atoms with Crippen molar-refractivity contribution in [1.82, 2.24) is 0 Å².